The highest BCUT2D eigenvalue weighted by Crippen LogP contribution is 2.43. The first-order valence-corrected chi connectivity index (χ1v) is 6.24. The summed E-state index contributed by atoms with van der Waals surface area (Å²) in [6.07, 6.45) is 1.34. The molecule has 0 bridgehead atoms. The standard InChI is InChI=1S/C14H19NO2/c1-10-3-4-13-11(7-10)12(16)8-14(17-13)5-6-15(2)9-14/h3-4,7,12,16H,5-6,8-9H2,1-2H3/t12-,14?/m0/s1. The van der Waals surface area contributed by atoms with Crippen LogP contribution in [0.2, 0.25) is 0 Å². The zero-order valence-corrected chi connectivity index (χ0v) is 10.4. The summed E-state index contributed by atoms with van der Waals surface area (Å²) >= 11 is 0. The first kappa shape index (κ1) is 11.1. The van der Waals surface area contributed by atoms with Crippen molar-refractivity contribution in [2.45, 2.75) is 31.5 Å². The summed E-state index contributed by atoms with van der Waals surface area (Å²) in [4.78, 5) is 2.27. The molecule has 1 aromatic rings. The van der Waals surface area contributed by atoms with Crippen molar-refractivity contribution in [3.63, 3.8) is 0 Å². The van der Waals surface area contributed by atoms with Crippen LogP contribution in [0.1, 0.15) is 30.1 Å². The van der Waals surface area contributed by atoms with E-state index in [4.69, 9.17) is 4.74 Å². The predicted molar refractivity (Wildman–Crippen MR) is 66.2 cm³/mol. The summed E-state index contributed by atoms with van der Waals surface area (Å²) in [6, 6.07) is 6.07. The van der Waals surface area contributed by atoms with Gasteiger partial charge in [-0.2, -0.15) is 0 Å². The highest BCUT2D eigenvalue weighted by molar-refractivity contribution is 5.41. The van der Waals surface area contributed by atoms with Crippen LogP contribution in [0.15, 0.2) is 18.2 Å². The Morgan fingerprint density at radius 1 is 1.47 bits per heavy atom. The van der Waals surface area contributed by atoms with E-state index in [9.17, 15) is 5.11 Å². The van der Waals surface area contributed by atoms with E-state index < -0.39 is 0 Å². The number of ether oxygens (including phenoxy) is 1. The third-order valence-corrected chi connectivity index (χ3v) is 3.92. The van der Waals surface area contributed by atoms with Gasteiger partial charge in [-0.25, -0.2) is 0 Å². The molecule has 1 aromatic carbocycles. The second-order valence-corrected chi connectivity index (χ2v) is 5.53. The lowest BCUT2D eigenvalue weighted by molar-refractivity contribution is -0.00582. The van der Waals surface area contributed by atoms with E-state index in [2.05, 4.69) is 11.9 Å². The minimum atomic E-state index is -0.384. The van der Waals surface area contributed by atoms with Crippen LogP contribution in [0.3, 0.4) is 0 Å². The average molecular weight is 233 g/mol. The van der Waals surface area contributed by atoms with Crippen molar-refractivity contribution in [1.29, 1.82) is 0 Å². The zero-order valence-electron chi connectivity index (χ0n) is 10.4. The summed E-state index contributed by atoms with van der Waals surface area (Å²) in [5.74, 6) is 0.865. The van der Waals surface area contributed by atoms with E-state index >= 15 is 0 Å². The number of hydrogen-bond acceptors (Lipinski definition) is 3. The van der Waals surface area contributed by atoms with Gasteiger partial charge in [0.2, 0.25) is 0 Å². The molecule has 1 spiro atoms. The Labute approximate surface area is 102 Å². The quantitative estimate of drug-likeness (QED) is 0.742. The van der Waals surface area contributed by atoms with Crippen LogP contribution in [0.25, 0.3) is 0 Å². The van der Waals surface area contributed by atoms with E-state index in [0.29, 0.717) is 6.42 Å². The fraction of sp³-hybridized carbons (Fsp3) is 0.571. The van der Waals surface area contributed by atoms with Gasteiger partial charge in [0.05, 0.1) is 6.10 Å². The van der Waals surface area contributed by atoms with Crippen molar-refractivity contribution in [3.8, 4) is 5.75 Å². The number of rotatable bonds is 0. The van der Waals surface area contributed by atoms with Crippen molar-refractivity contribution in [1.82, 2.24) is 4.90 Å². The number of nitrogens with zero attached hydrogens (tertiary/aromatic N) is 1. The van der Waals surface area contributed by atoms with Crippen LogP contribution in [-0.2, 0) is 0 Å². The fourth-order valence-electron chi connectivity index (χ4n) is 3.05. The maximum atomic E-state index is 10.3. The molecule has 2 aliphatic heterocycles. The molecule has 1 N–H and O–H groups in total. The number of hydrogen-bond donors (Lipinski definition) is 1. The van der Waals surface area contributed by atoms with E-state index in [1.54, 1.807) is 0 Å². The van der Waals surface area contributed by atoms with Crippen LogP contribution in [0.4, 0.5) is 0 Å². The Morgan fingerprint density at radius 2 is 2.29 bits per heavy atom. The molecular weight excluding hydrogens is 214 g/mol. The van der Waals surface area contributed by atoms with Gasteiger partial charge in [-0.3, -0.25) is 0 Å². The Balaban J connectivity index is 1.96. The summed E-state index contributed by atoms with van der Waals surface area (Å²) in [5.41, 5.74) is 1.95. The van der Waals surface area contributed by atoms with Gasteiger partial charge < -0.3 is 14.7 Å². The van der Waals surface area contributed by atoms with Gasteiger partial charge in [0.15, 0.2) is 0 Å². The molecule has 0 saturated carbocycles. The van der Waals surface area contributed by atoms with Crippen molar-refractivity contribution in [2.24, 2.45) is 0 Å². The maximum Gasteiger partial charge on any atom is 0.126 e. The third-order valence-electron chi connectivity index (χ3n) is 3.92. The second kappa shape index (κ2) is 3.72. The molecule has 0 amide bonds. The molecule has 1 fully saturated rings. The van der Waals surface area contributed by atoms with Crippen LogP contribution < -0.4 is 4.74 Å². The topological polar surface area (TPSA) is 32.7 Å². The number of aliphatic hydroxyl groups is 1. The minimum Gasteiger partial charge on any atom is -0.485 e. The molecule has 2 aliphatic rings. The van der Waals surface area contributed by atoms with E-state index in [0.717, 1.165) is 30.8 Å². The molecule has 17 heavy (non-hydrogen) atoms. The van der Waals surface area contributed by atoms with Crippen LogP contribution in [-0.4, -0.2) is 35.7 Å². The van der Waals surface area contributed by atoms with Gasteiger partial charge in [-0.05, 0) is 26.1 Å². The number of benzene rings is 1. The monoisotopic (exact) mass is 233 g/mol. The molecule has 3 nitrogen and oxygen atoms in total. The fourth-order valence-corrected chi connectivity index (χ4v) is 3.05. The van der Waals surface area contributed by atoms with Gasteiger partial charge in [0.1, 0.15) is 11.4 Å². The van der Waals surface area contributed by atoms with Crippen LogP contribution >= 0.6 is 0 Å². The van der Waals surface area contributed by atoms with Crippen molar-refractivity contribution < 1.29 is 9.84 Å². The van der Waals surface area contributed by atoms with Gasteiger partial charge in [0, 0.05) is 31.5 Å². The smallest absolute Gasteiger partial charge is 0.126 e. The molecular formula is C14H19NO2. The van der Waals surface area contributed by atoms with Crippen LogP contribution in [0, 0.1) is 6.92 Å². The predicted octanol–water partition coefficient (Wildman–Crippen LogP) is 1.89. The third kappa shape index (κ3) is 1.83. The number of likely N-dealkylation sites (tertiary alicyclic amines) is 1. The Kier molecular flexibility index (Phi) is 2.42. The molecule has 1 saturated heterocycles. The second-order valence-electron chi connectivity index (χ2n) is 5.53. The highest BCUT2D eigenvalue weighted by atomic mass is 16.5. The lowest BCUT2D eigenvalue weighted by atomic mass is 9.87. The first-order valence-electron chi connectivity index (χ1n) is 6.24. The van der Waals surface area contributed by atoms with Gasteiger partial charge >= 0.3 is 0 Å². The molecule has 0 radical (unpaired) electrons. The molecule has 3 heteroatoms. The first-order chi connectivity index (χ1) is 8.08. The number of aliphatic hydroxyl groups excluding tert-OH is 1. The van der Waals surface area contributed by atoms with Crippen molar-refractivity contribution >= 4 is 0 Å². The Bertz CT molecular complexity index is 446. The average Bonchev–Trinajstić information content (AvgIpc) is 2.61. The van der Waals surface area contributed by atoms with Crippen molar-refractivity contribution in [2.75, 3.05) is 20.1 Å². The zero-order chi connectivity index (χ0) is 12.0. The Hall–Kier alpha value is -1.06. The molecule has 3 rings (SSSR count). The Morgan fingerprint density at radius 3 is 3.00 bits per heavy atom. The number of aryl methyl sites for hydroxylation is 1. The number of likely N-dealkylation sites (N-methyl/N-ethyl adjacent to an activating group) is 1. The summed E-state index contributed by atoms with van der Waals surface area (Å²) in [7, 11) is 2.11. The van der Waals surface area contributed by atoms with Gasteiger partial charge in [-0.1, -0.05) is 11.6 Å². The van der Waals surface area contributed by atoms with E-state index in [1.165, 1.54) is 5.56 Å². The SMILES string of the molecule is Cc1ccc2c(c1)[C@@H](O)CC1(CCN(C)C1)O2. The normalized spacial score (nSPS) is 32.5. The van der Waals surface area contributed by atoms with Crippen LogP contribution in [0.5, 0.6) is 5.75 Å². The number of fused-ring (bicyclic) bond motifs is 1. The molecule has 1 unspecified atom stereocenters. The highest BCUT2D eigenvalue weighted by Gasteiger charge is 2.44. The summed E-state index contributed by atoms with van der Waals surface area (Å²) in [6.45, 7) is 4.01. The molecule has 0 aromatic heterocycles. The lowest BCUT2D eigenvalue weighted by Crippen LogP contribution is -2.43. The molecule has 2 heterocycles. The van der Waals surface area contributed by atoms with E-state index in [1.807, 2.05) is 25.1 Å². The maximum absolute atomic E-state index is 10.3. The van der Waals surface area contributed by atoms with Gasteiger partial charge in [0.25, 0.3) is 0 Å². The van der Waals surface area contributed by atoms with Crippen molar-refractivity contribution in [3.05, 3.63) is 29.3 Å². The largest absolute Gasteiger partial charge is 0.485 e. The minimum absolute atomic E-state index is 0.170. The molecule has 92 valence electrons. The molecule has 0 aliphatic carbocycles. The lowest BCUT2D eigenvalue weighted by Gasteiger charge is -2.38. The summed E-state index contributed by atoms with van der Waals surface area (Å²) in [5, 5.41) is 10.3. The van der Waals surface area contributed by atoms with E-state index in [-0.39, 0.29) is 11.7 Å². The van der Waals surface area contributed by atoms with Gasteiger partial charge in [-0.15, -0.1) is 0 Å². The molecule has 2 atom stereocenters. The summed E-state index contributed by atoms with van der Waals surface area (Å²) < 4.78 is 6.17.